The van der Waals surface area contributed by atoms with Crippen LogP contribution in [0, 0.1) is 5.92 Å². The second-order valence-electron chi connectivity index (χ2n) is 7.60. The Labute approximate surface area is 171 Å². The maximum Gasteiger partial charge on any atom is 0.00401 e. The third kappa shape index (κ3) is 6.14. The lowest BCUT2D eigenvalue weighted by atomic mass is 9.84. The smallest absolute Gasteiger partial charge is 0.00401 e. The van der Waals surface area contributed by atoms with Crippen LogP contribution in [0.5, 0.6) is 0 Å². The predicted molar refractivity (Wildman–Crippen MR) is 124 cm³/mol. The Balaban J connectivity index is 2.29. The van der Waals surface area contributed by atoms with E-state index in [1.54, 1.807) is 0 Å². The first kappa shape index (κ1) is 21.6. The van der Waals surface area contributed by atoms with Crippen molar-refractivity contribution in [3.05, 3.63) is 82.9 Å². The molecule has 0 spiro atoms. The van der Waals surface area contributed by atoms with Crippen molar-refractivity contribution in [1.82, 2.24) is 0 Å². The molecule has 1 atom stereocenters. The monoisotopic (exact) mass is 378 g/mol. The van der Waals surface area contributed by atoms with Gasteiger partial charge in [0.1, 0.15) is 0 Å². The molecule has 0 bridgehead atoms. The summed E-state index contributed by atoms with van der Waals surface area (Å²) in [4.78, 5) is 1.00. The van der Waals surface area contributed by atoms with Crippen LogP contribution in [0.25, 0.3) is 5.57 Å². The highest BCUT2D eigenvalue weighted by Gasteiger charge is 2.15. The molecule has 144 valence electrons. The van der Waals surface area contributed by atoms with E-state index in [2.05, 4.69) is 95.4 Å². The van der Waals surface area contributed by atoms with Crippen LogP contribution in [0.4, 0.5) is 0 Å². The molecule has 0 amide bonds. The van der Waals surface area contributed by atoms with Gasteiger partial charge >= 0.3 is 0 Å². The first-order valence-corrected chi connectivity index (χ1v) is 10.7. The standard InChI is InChI=1S/C26H34S/c1-6-8-9-22-10-14-24(15-11-22)26(19(3)7-2)21(5)20(4)18-23-12-16-25(27)17-13-23/h10-17,19,27H,4,6-9,18H2,1-3,5H3/b26-21+. The number of benzene rings is 2. The van der Waals surface area contributed by atoms with E-state index in [-0.39, 0.29) is 0 Å². The summed E-state index contributed by atoms with van der Waals surface area (Å²) in [5, 5.41) is 0. The number of thiol groups is 1. The van der Waals surface area contributed by atoms with Gasteiger partial charge in [-0.2, -0.15) is 0 Å². The summed E-state index contributed by atoms with van der Waals surface area (Å²) < 4.78 is 0. The zero-order valence-electron chi connectivity index (χ0n) is 17.4. The Morgan fingerprint density at radius 2 is 1.56 bits per heavy atom. The number of allylic oxidation sites excluding steroid dienone is 3. The van der Waals surface area contributed by atoms with E-state index in [9.17, 15) is 0 Å². The Morgan fingerprint density at radius 3 is 2.11 bits per heavy atom. The van der Waals surface area contributed by atoms with Gasteiger partial charge in [-0.05, 0) is 84.1 Å². The predicted octanol–water partition coefficient (Wildman–Crippen LogP) is 7.94. The van der Waals surface area contributed by atoms with Gasteiger partial charge in [-0.1, -0.05) is 70.2 Å². The fourth-order valence-corrected chi connectivity index (χ4v) is 3.64. The topological polar surface area (TPSA) is 0 Å². The summed E-state index contributed by atoms with van der Waals surface area (Å²) in [5.41, 5.74) is 8.04. The SMILES string of the molecule is C=C(Cc1ccc(S)cc1)/C(C)=C(/c1ccc(CCCC)cc1)C(C)CC. The molecule has 2 aromatic rings. The molecule has 2 rings (SSSR count). The van der Waals surface area contributed by atoms with E-state index >= 15 is 0 Å². The molecule has 1 heteroatoms. The minimum Gasteiger partial charge on any atom is -0.143 e. The highest BCUT2D eigenvalue weighted by molar-refractivity contribution is 7.80. The maximum atomic E-state index is 4.42. The van der Waals surface area contributed by atoms with Gasteiger partial charge in [0.15, 0.2) is 0 Å². The number of rotatable bonds is 9. The molecule has 27 heavy (non-hydrogen) atoms. The van der Waals surface area contributed by atoms with Crippen LogP contribution in [-0.2, 0) is 12.8 Å². The average Bonchev–Trinajstić information content (AvgIpc) is 2.68. The van der Waals surface area contributed by atoms with E-state index in [0.29, 0.717) is 5.92 Å². The Bertz CT molecular complexity index is 763. The first-order chi connectivity index (χ1) is 13.0. The molecule has 0 aliphatic carbocycles. The van der Waals surface area contributed by atoms with Crippen molar-refractivity contribution in [3.63, 3.8) is 0 Å². The van der Waals surface area contributed by atoms with Crippen LogP contribution in [0.3, 0.4) is 0 Å². The third-order valence-corrected chi connectivity index (χ3v) is 5.78. The normalized spacial score (nSPS) is 13.2. The molecule has 0 aromatic heterocycles. The van der Waals surface area contributed by atoms with Gasteiger partial charge in [-0.25, -0.2) is 0 Å². The number of aryl methyl sites for hydroxylation is 1. The highest BCUT2D eigenvalue weighted by atomic mass is 32.1. The summed E-state index contributed by atoms with van der Waals surface area (Å²) in [5.74, 6) is 0.517. The van der Waals surface area contributed by atoms with Crippen molar-refractivity contribution in [3.8, 4) is 0 Å². The third-order valence-electron chi connectivity index (χ3n) is 5.48. The molecule has 0 saturated heterocycles. The van der Waals surface area contributed by atoms with Crippen molar-refractivity contribution < 1.29 is 0 Å². The molecule has 0 N–H and O–H groups in total. The Morgan fingerprint density at radius 1 is 0.963 bits per heavy atom. The number of unbranched alkanes of at least 4 members (excludes halogenated alkanes) is 1. The molecule has 0 saturated carbocycles. The van der Waals surface area contributed by atoms with Crippen molar-refractivity contribution in [2.24, 2.45) is 5.92 Å². The fourth-order valence-electron chi connectivity index (χ4n) is 3.49. The summed E-state index contributed by atoms with van der Waals surface area (Å²) in [6.45, 7) is 13.5. The van der Waals surface area contributed by atoms with Gasteiger partial charge in [0.25, 0.3) is 0 Å². The molecule has 0 radical (unpaired) electrons. The van der Waals surface area contributed by atoms with E-state index in [1.807, 2.05) is 0 Å². The highest BCUT2D eigenvalue weighted by Crippen LogP contribution is 2.33. The van der Waals surface area contributed by atoms with E-state index < -0.39 is 0 Å². The van der Waals surface area contributed by atoms with Gasteiger partial charge in [0, 0.05) is 4.90 Å². The van der Waals surface area contributed by atoms with Crippen LogP contribution in [0.1, 0.15) is 63.6 Å². The largest absolute Gasteiger partial charge is 0.143 e. The molecule has 0 aliphatic heterocycles. The first-order valence-electron chi connectivity index (χ1n) is 10.2. The zero-order valence-corrected chi connectivity index (χ0v) is 18.3. The minimum absolute atomic E-state index is 0.517. The number of hydrogen-bond donors (Lipinski definition) is 1. The minimum atomic E-state index is 0.517. The summed E-state index contributed by atoms with van der Waals surface area (Å²) in [6, 6.07) is 17.6. The summed E-state index contributed by atoms with van der Waals surface area (Å²) >= 11 is 4.38. The fraction of sp³-hybridized carbons (Fsp3) is 0.385. The average molecular weight is 379 g/mol. The van der Waals surface area contributed by atoms with Gasteiger partial charge in [0.05, 0.1) is 0 Å². The van der Waals surface area contributed by atoms with Crippen LogP contribution in [-0.4, -0.2) is 0 Å². The van der Waals surface area contributed by atoms with Crippen LogP contribution >= 0.6 is 12.6 Å². The van der Waals surface area contributed by atoms with Crippen molar-refractivity contribution in [2.75, 3.05) is 0 Å². The van der Waals surface area contributed by atoms with E-state index in [0.717, 1.165) is 17.7 Å². The second kappa shape index (κ2) is 10.6. The summed E-state index contributed by atoms with van der Waals surface area (Å²) in [7, 11) is 0. The van der Waals surface area contributed by atoms with Crippen molar-refractivity contribution in [2.45, 2.75) is 64.7 Å². The lowest BCUT2D eigenvalue weighted by molar-refractivity contribution is 0.713. The maximum absolute atomic E-state index is 4.42. The number of hydrogen-bond acceptors (Lipinski definition) is 1. The summed E-state index contributed by atoms with van der Waals surface area (Å²) in [6.07, 6.45) is 5.69. The quantitative estimate of drug-likeness (QED) is 0.332. The van der Waals surface area contributed by atoms with Crippen molar-refractivity contribution >= 4 is 18.2 Å². The van der Waals surface area contributed by atoms with E-state index in [1.165, 1.54) is 52.7 Å². The molecular weight excluding hydrogens is 344 g/mol. The molecule has 2 aromatic carbocycles. The molecule has 1 unspecified atom stereocenters. The molecule has 0 fully saturated rings. The molecule has 0 heterocycles. The van der Waals surface area contributed by atoms with Gasteiger partial charge < -0.3 is 0 Å². The van der Waals surface area contributed by atoms with Crippen LogP contribution in [0.15, 0.2) is 71.2 Å². The molecule has 0 aliphatic rings. The van der Waals surface area contributed by atoms with Gasteiger partial charge in [-0.15, -0.1) is 12.6 Å². The van der Waals surface area contributed by atoms with E-state index in [4.69, 9.17) is 0 Å². The Hall–Kier alpha value is -1.73. The molecular formula is C26H34S. The zero-order chi connectivity index (χ0) is 19.8. The molecule has 0 nitrogen and oxygen atoms in total. The van der Waals surface area contributed by atoms with Crippen LogP contribution in [0.2, 0.25) is 0 Å². The second-order valence-corrected chi connectivity index (χ2v) is 8.11. The lowest BCUT2D eigenvalue weighted by Crippen LogP contribution is -2.03. The van der Waals surface area contributed by atoms with Gasteiger partial charge in [0.2, 0.25) is 0 Å². The van der Waals surface area contributed by atoms with Crippen LogP contribution < -0.4 is 0 Å². The Kier molecular flexibility index (Phi) is 8.44. The lowest BCUT2D eigenvalue weighted by Gasteiger charge is -2.21. The van der Waals surface area contributed by atoms with Crippen molar-refractivity contribution in [1.29, 1.82) is 0 Å². The van der Waals surface area contributed by atoms with Gasteiger partial charge in [-0.3, -0.25) is 0 Å².